The first-order valence-corrected chi connectivity index (χ1v) is 10.9. The number of amides is 1. The molecule has 2 fully saturated rings. The smallest absolute Gasteiger partial charge is 0.253 e. The Kier molecular flexibility index (Phi) is 6.16. The zero-order chi connectivity index (χ0) is 18.6. The van der Waals surface area contributed by atoms with Crippen molar-refractivity contribution in [3.63, 3.8) is 0 Å². The lowest BCUT2D eigenvalue weighted by Crippen LogP contribution is -2.46. The van der Waals surface area contributed by atoms with Crippen LogP contribution in [0.25, 0.3) is 0 Å². The molecule has 2 heterocycles. The first kappa shape index (κ1) is 19.1. The Morgan fingerprint density at radius 3 is 2.50 bits per heavy atom. The van der Waals surface area contributed by atoms with Gasteiger partial charge in [-0.05, 0) is 49.9 Å². The number of benzene rings is 1. The van der Waals surface area contributed by atoms with Crippen molar-refractivity contribution in [3.05, 3.63) is 29.8 Å². The van der Waals surface area contributed by atoms with E-state index in [1.165, 1.54) is 0 Å². The van der Waals surface area contributed by atoms with Crippen molar-refractivity contribution in [1.29, 1.82) is 0 Å². The normalized spacial score (nSPS) is 21.7. The van der Waals surface area contributed by atoms with E-state index in [-0.39, 0.29) is 18.1 Å². The maximum Gasteiger partial charge on any atom is 0.253 e. The van der Waals surface area contributed by atoms with Crippen molar-refractivity contribution in [3.8, 4) is 5.75 Å². The molecule has 2 aliphatic rings. The summed E-state index contributed by atoms with van der Waals surface area (Å²) in [5.41, 5.74) is 0.615. The third-order valence-corrected chi connectivity index (χ3v) is 5.49. The zero-order valence-corrected chi connectivity index (χ0v) is 15.8. The highest BCUT2D eigenvalue weighted by Crippen LogP contribution is 2.19. The molecule has 26 heavy (non-hydrogen) atoms. The van der Waals surface area contributed by atoms with Gasteiger partial charge in [0.1, 0.15) is 12.4 Å². The highest BCUT2D eigenvalue weighted by atomic mass is 32.2. The molecule has 1 N–H and O–H groups in total. The van der Waals surface area contributed by atoms with Crippen LogP contribution in [0.4, 0.5) is 0 Å². The molecule has 2 aliphatic heterocycles. The molecular formula is C18H26N2O5S. The van der Waals surface area contributed by atoms with Crippen LogP contribution in [-0.2, 0) is 14.8 Å². The van der Waals surface area contributed by atoms with Crippen molar-refractivity contribution in [2.45, 2.75) is 37.8 Å². The lowest BCUT2D eigenvalue weighted by Gasteiger charge is -2.32. The van der Waals surface area contributed by atoms with Gasteiger partial charge >= 0.3 is 0 Å². The zero-order valence-electron chi connectivity index (χ0n) is 15.0. The molecular weight excluding hydrogens is 356 g/mol. The standard InChI is InChI=1S/C18H26N2O5S/c1-26(22,23)19-15-8-10-20(11-9-15)18(21)14-4-6-16(7-5-14)25-13-17-3-2-12-24-17/h4-7,15,17,19H,2-3,8-13H2,1H3/t17-/m0/s1. The average Bonchev–Trinajstić information content (AvgIpc) is 3.13. The predicted molar refractivity (Wildman–Crippen MR) is 97.8 cm³/mol. The second-order valence-electron chi connectivity index (χ2n) is 6.93. The maximum absolute atomic E-state index is 12.6. The molecule has 2 saturated heterocycles. The van der Waals surface area contributed by atoms with E-state index in [1.807, 2.05) is 0 Å². The molecule has 3 rings (SSSR count). The third-order valence-electron chi connectivity index (χ3n) is 4.72. The van der Waals surface area contributed by atoms with Gasteiger partial charge in [-0.1, -0.05) is 0 Å². The van der Waals surface area contributed by atoms with Crippen molar-refractivity contribution >= 4 is 15.9 Å². The average molecular weight is 382 g/mol. The molecule has 0 radical (unpaired) electrons. The van der Waals surface area contributed by atoms with Crippen LogP contribution in [0.15, 0.2) is 24.3 Å². The fraction of sp³-hybridized carbons (Fsp3) is 0.611. The molecule has 144 valence electrons. The Hall–Kier alpha value is -1.64. The Labute approximate surface area is 154 Å². The first-order valence-electron chi connectivity index (χ1n) is 9.02. The molecule has 7 nitrogen and oxygen atoms in total. The molecule has 0 aliphatic carbocycles. The van der Waals surface area contributed by atoms with Gasteiger partial charge in [0.25, 0.3) is 5.91 Å². The van der Waals surface area contributed by atoms with Crippen LogP contribution in [0.2, 0.25) is 0 Å². The summed E-state index contributed by atoms with van der Waals surface area (Å²) in [4.78, 5) is 14.4. The minimum atomic E-state index is -3.21. The van der Waals surface area contributed by atoms with E-state index >= 15 is 0 Å². The lowest BCUT2D eigenvalue weighted by molar-refractivity contribution is 0.0677. The first-order chi connectivity index (χ1) is 12.4. The Morgan fingerprint density at radius 1 is 1.23 bits per heavy atom. The van der Waals surface area contributed by atoms with Gasteiger partial charge in [0.15, 0.2) is 0 Å². The largest absolute Gasteiger partial charge is 0.491 e. The quantitative estimate of drug-likeness (QED) is 0.804. The van der Waals surface area contributed by atoms with Crippen LogP contribution >= 0.6 is 0 Å². The summed E-state index contributed by atoms with van der Waals surface area (Å²) < 4.78 is 36.4. The summed E-state index contributed by atoms with van der Waals surface area (Å²) >= 11 is 0. The van der Waals surface area contributed by atoms with Gasteiger partial charge in [-0.2, -0.15) is 0 Å². The minimum Gasteiger partial charge on any atom is -0.491 e. The van der Waals surface area contributed by atoms with Crippen molar-refractivity contribution in [2.24, 2.45) is 0 Å². The van der Waals surface area contributed by atoms with Crippen LogP contribution in [0, 0.1) is 0 Å². The molecule has 1 atom stereocenters. The molecule has 0 unspecified atom stereocenters. The maximum atomic E-state index is 12.6. The van der Waals surface area contributed by atoms with Crippen LogP contribution in [-0.4, -0.2) is 63.9 Å². The number of carbonyl (C=O) groups excluding carboxylic acids is 1. The van der Waals surface area contributed by atoms with E-state index in [9.17, 15) is 13.2 Å². The molecule has 0 spiro atoms. The summed E-state index contributed by atoms with van der Waals surface area (Å²) in [6.45, 7) is 2.43. The number of rotatable bonds is 6. The molecule has 0 bridgehead atoms. The van der Waals surface area contributed by atoms with E-state index in [0.29, 0.717) is 38.1 Å². The van der Waals surface area contributed by atoms with E-state index in [0.717, 1.165) is 31.5 Å². The summed E-state index contributed by atoms with van der Waals surface area (Å²) in [7, 11) is -3.21. The van der Waals surface area contributed by atoms with Gasteiger partial charge in [-0.15, -0.1) is 0 Å². The number of hydrogen-bond acceptors (Lipinski definition) is 5. The van der Waals surface area contributed by atoms with E-state index < -0.39 is 10.0 Å². The number of hydrogen-bond donors (Lipinski definition) is 1. The van der Waals surface area contributed by atoms with Gasteiger partial charge in [-0.25, -0.2) is 13.1 Å². The minimum absolute atomic E-state index is 0.0338. The molecule has 0 saturated carbocycles. The molecule has 1 aromatic rings. The second-order valence-corrected chi connectivity index (χ2v) is 8.71. The highest BCUT2D eigenvalue weighted by Gasteiger charge is 2.25. The summed E-state index contributed by atoms with van der Waals surface area (Å²) in [5, 5.41) is 0. The SMILES string of the molecule is CS(=O)(=O)NC1CCN(C(=O)c2ccc(OC[C@@H]3CCCO3)cc2)CC1. The summed E-state index contributed by atoms with van der Waals surface area (Å²) in [6.07, 6.45) is 4.69. The van der Waals surface area contributed by atoms with Gasteiger partial charge in [-0.3, -0.25) is 4.79 Å². The van der Waals surface area contributed by atoms with Crippen LogP contribution < -0.4 is 9.46 Å². The van der Waals surface area contributed by atoms with Crippen molar-refractivity contribution in [1.82, 2.24) is 9.62 Å². The fourth-order valence-corrected chi connectivity index (χ4v) is 4.19. The van der Waals surface area contributed by atoms with Crippen LogP contribution in [0.3, 0.4) is 0 Å². The third kappa shape index (κ3) is 5.43. The highest BCUT2D eigenvalue weighted by molar-refractivity contribution is 7.88. The van der Waals surface area contributed by atoms with E-state index in [1.54, 1.807) is 29.2 Å². The number of sulfonamides is 1. The predicted octanol–water partition coefficient (Wildman–Crippen LogP) is 1.40. The van der Waals surface area contributed by atoms with Crippen molar-refractivity contribution < 1.29 is 22.7 Å². The summed E-state index contributed by atoms with van der Waals surface area (Å²) in [6, 6.07) is 7.06. The van der Waals surface area contributed by atoms with E-state index in [2.05, 4.69) is 4.72 Å². The number of piperidine rings is 1. The molecule has 1 aromatic carbocycles. The summed E-state index contributed by atoms with van der Waals surface area (Å²) in [5.74, 6) is 0.696. The van der Waals surface area contributed by atoms with E-state index in [4.69, 9.17) is 9.47 Å². The number of nitrogens with zero attached hydrogens (tertiary/aromatic N) is 1. The van der Waals surface area contributed by atoms with Crippen LogP contribution in [0.5, 0.6) is 5.75 Å². The Bertz CT molecular complexity index is 706. The molecule has 1 amide bonds. The van der Waals surface area contributed by atoms with Gasteiger partial charge in [0, 0.05) is 31.3 Å². The Balaban J connectivity index is 1.48. The number of carbonyl (C=O) groups is 1. The lowest BCUT2D eigenvalue weighted by atomic mass is 10.0. The molecule has 0 aromatic heterocycles. The molecule has 8 heteroatoms. The Morgan fingerprint density at radius 2 is 1.92 bits per heavy atom. The van der Waals surface area contributed by atoms with Gasteiger partial charge in [0.2, 0.25) is 10.0 Å². The number of ether oxygens (including phenoxy) is 2. The van der Waals surface area contributed by atoms with Crippen molar-refractivity contribution in [2.75, 3.05) is 32.6 Å². The monoisotopic (exact) mass is 382 g/mol. The topological polar surface area (TPSA) is 84.9 Å². The van der Waals surface area contributed by atoms with Crippen LogP contribution in [0.1, 0.15) is 36.0 Å². The number of nitrogens with one attached hydrogen (secondary N) is 1. The van der Waals surface area contributed by atoms with Gasteiger partial charge < -0.3 is 14.4 Å². The number of likely N-dealkylation sites (tertiary alicyclic amines) is 1. The van der Waals surface area contributed by atoms with Gasteiger partial charge in [0.05, 0.1) is 12.4 Å². The second kappa shape index (κ2) is 8.37. The fourth-order valence-electron chi connectivity index (χ4n) is 3.34.